The second-order valence-electron chi connectivity index (χ2n) is 4.48. The Balaban J connectivity index is 1.98. The highest BCUT2D eigenvalue weighted by Crippen LogP contribution is 2.17. The number of para-hydroxylation sites is 1. The van der Waals surface area contributed by atoms with Crippen molar-refractivity contribution in [3.63, 3.8) is 0 Å². The highest BCUT2D eigenvalue weighted by molar-refractivity contribution is 6.00. The van der Waals surface area contributed by atoms with Crippen LogP contribution in [0.15, 0.2) is 24.3 Å². The van der Waals surface area contributed by atoms with Gasteiger partial charge in [0.1, 0.15) is 5.56 Å². The number of rotatable bonds is 5. The van der Waals surface area contributed by atoms with E-state index in [1.165, 1.54) is 24.3 Å². The largest absolute Gasteiger partial charge is 0.381 e. The quantitative estimate of drug-likeness (QED) is 0.638. The van der Waals surface area contributed by atoms with Gasteiger partial charge >= 0.3 is 0 Å². The molecule has 7 nitrogen and oxygen atoms in total. The first-order valence-corrected chi connectivity index (χ1v) is 6.21. The lowest BCUT2D eigenvalue weighted by Crippen LogP contribution is -2.33. The normalized spacial score (nSPS) is 17.7. The van der Waals surface area contributed by atoms with E-state index in [2.05, 4.69) is 5.32 Å². The van der Waals surface area contributed by atoms with Gasteiger partial charge in [-0.25, -0.2) is 0 Å². The molecule has 1 fully saturated rings. The predicted octanol–water partition coefficient (Wildman–Crippen LogP) is 0.930. The molecule has 1 atom stereocenters. The van der Waals surface area contributed by atoms with Crippen molar-refractivity contribution in [2.24, 2.45) is 5.92 Å². The Hall–Kier alpha value is -2.28. The molecule has 7 heteroatoms. The van der Waals surface area contributed by atoms with E-state index in [1.54, 1.807) is 0 Å². The molecule has 1 saturated heterocycles. The second-order valence-corrected chi connectivity index (χ2v) is 4.48. The first-order valence-electron chi connectivity index (χ1n) is 6.21. The smallest absolute Gasteiger partial charge is 0.282 e. The van der Waals surface area contributed by atoms with Crippen LogP contribution in [-0.2, 0) is 9.53 Å². The number of nitrogens with zero attached hydrogens (tertiary/aromatic N) is 1. The van der Waals surface area contributed by atoms with Crippen LogP contribution < -0.4 is 5.32 Å². The van der Waals surface area contributed by atoms with E-state index in [4.69, 9.17) is 4.74 Å². The number of benzene rings is 1. The summed E-state index contributed by atoms with van der Waals surface area (Å²) in [5.41, 5.74) is -0.324. The summed E-state index contributed by atoms with van der Waals surface area (Å²) in [4.78, 5) is 33.9. The molecule has 0 spiro atoms. The van der Waals surface area contributed by atoms with Gasteiger partial charge < -0.3 is 10.1 Å². The van der Waals surface area contributed by atoms with E-state index in [-0.39, 0.29) is 29.5 Å². The van der Waals surface area contributed by atoms with Crippen molar-refractivity contribution in [3.05, 3.63) is 39.9 Å². The van der Waals surface area contributed by atoms with E-state index in [1.807, 2.05) is 0 Å². The zero-order valence-electron chi connectivity index (χ0n) is 10.7. The summed E-state index contributed by atoms with van der Waals surface area (Å²) in [5.74, 6) is -0.931. The molecule has 1 aromatic carbocycles. The Morgan fingerprint density at radius 1 is 1.40 bits per heavy atom. The molecule has 1 aromatic rings. The van der Waals surface area contributed by atoms with Crippen molar-refractivity contribution in [1.82, 2.24) is 5.32 Å². The highest BCUT2D eigenvalue weighted by atomic mass is 16.6. The molecular formula is C13H14N2O5. The molecule has 1 heterocycles. The van der Waals surface area contributed by atoms with Gasteiger partial charge in [-0.2, -0.15) is 0 Å². The third kappa shape index (κ3) is 3.18. The number of Topliss-reactive ketones (excluding diaryl/α,β-unsaturated/α-hetero) is 1. The first kappa shape index (κ1) is 14.1. The molecule has 106 valence electrons. The summed E-state index contributed by atoms with van der Waals surface area (Å²) in [7, 11) is 0. The third-order valence-corrected chi connectivity index (χ3v) is 3.15. The molecule has 1 aliphatic rings. The van der Waals surface area contributed by atoms with Gasteiger partial charge in [0.15, 0.2) is 5.78 Å². The maximum Gasteiger partial charge on any atom is 0.282 e. The number of hydrogen-bond acceptors (Lipinski definition) is 5. The summed E-state index contributed by atoms with van der Waals surface area (Å²) < 4.78 is 5.10. The molecule has 2 rings (SSSR count). The second kappa shape index (κ2) is 6.25. The van der Waals surface area contributed by atoms with Crippen LogP contribution >= 0.6 is 0 Å². The average molecular weight is 278 g/mol. The fourth-order valence-electron chi connectivity index (χ4n) is 2.02. The molecule has 0 radical (unpaired) electrons. The molecule has 0 bridgehead atoms. The molecule has 0 aromatic heterocycles. The molecule has 1 N–H and O–H groups in total. The van der Waals surface area contributed by atoms with Crippen LogP contribution in [0.25, 0.3) is 0 Å². The molecular weight excluding hydrogens is 264 g/mol. The van der Waals surface area contributed by atoms with Gasteiger partial charge in [0.2, 0.25) is 0 Å². The molecule has 1 aliphatic heterocycles. The minimum absolute atomic E-state index is 0.0482. The number of carbonyl (C=O) groups is 2. The number of amides is 1. The SMILES string of the molecule is O=C(NCC(=O)C1CCOC1)c1ccccc1[N+](=O)[O-]. The Kier molecular flexibility index (Phi) is 4.41. The Morgan fingerprint density at radius 2 is 2.15 bits per heavy atom. The number of hydrogen-bond donors (Lipinski definition) is 1. The molecule has 20 heavy (non-hydrogen) atoms. The number of nitro benzene ring substituents is 1. The van der Waals surface area contributed by atoms with Gasteiger partial charge in [-0.15, -0.1) is 0 Å². The third-order valence-electron chi connectivity index (χ3n) is 3.15. The lowest BCUT2D eigenvalue weighted by molar-refractivity contribution is -0.385. The fraction of sp³-hybridized carbons (Fsp3) is 0.385. The minimum atomic E-state index is -0.623. The first-order chi connectivity index (χ1) is 9.59. The number of ketones is 1. The summed E-state index contributed by atoms with van der Waals surface area (Å²) >= 11 is 0. The van der Waals surface area contributed by atoms with Crippen LogP contribution in [0, 0.1) is 16.0 Å². The maximum absolute atomic E-state index is 11.9. The topological polar surface area (TPSA) is 98.5 Å². The maximum atomic E-state index is 11.9. The highest BCUT2D eigenvalue weighted by Gasteiger charge is 2.25. The summed E-state index contributed by atoms with van der Waals surface area (Å²) in [6, 6.07) is 5.63. The van der Waals surface area contributed by atoms with E-state index < -0.39 is 10.8 Å². The summed E-state index contributed by atoms with van der Waals surface area (Å²) in [6.45, 7) is 0.785. The Morgan fingerprint density at radius 3 is 2.80 bits per heavy atom. The number of nitrogens with one attached hydrogen (secondary N) is 1. The van der Waals surface area contributed by atoms with Gasteiger partial charge in [0.05, 0.1) is 18.1 Å². The van der Waals surface area contributed by atoms with Gasteiger partial charge in [0, 0.05) is 18.6 Å². The fourth-order valence-corrected chi connectivity index (χ4v) is 2.02. The van der Waals surface area contributed by atoms with Crippen LogP contribution in [0.5, 0.6) is 0 Å². The standard InChI is InChI=1S/C13H14N2O5/c16-12(9-5-6-20-8-9)7-14-13(17)10-3-1-2-4-11(10)15(18)19/h1-4,9H,5-8H2,(H,14,17). The lowest BCUT2D eigenvalue weighted by Gasteiger charge is -2.08. The van der Waals surface area contributed by atoms with Crippen LogP contribution in [0.2, 0.25) is 0 Å². The van der Waals surface area contributed by atoms with E-state index in [0.29, 0.717) is 19.6 Å². The molecule has 1 amide bonds. The Labute approximate surface area is 115 Å². The van der Waals surface area contributed by atoms with Gasteiger partial charge in [0.25, 0.3) is 11.6 Å². The Bertz CT molecular complexity index is 537. The van der Waals surface area contributed by atoms with Crippen LogP contribution in [-0.4, -0.2) is 36.4 Å². The van der Waals surface area contributed by atoms with Crippen molar-refractivity contribution >= 4 is 17.4 Å². The predicted molar refractivity (Wildman–Crippen MR) is 69.4 cm³/mol. The minimum Gasteiger partial charge on any atom is -0.381 e. The van der Waals surface area contributed by atoms with Gasteiger partial charge in [-0.1, -0.05) is 12.1 Å². The zero-order valence-corrected chi connectivity index (χ0v) is 10.7. The van der Waals surface area contributed by atoms with Gasteiger partial charge in [-0.3, -0.25) is 19.7 Å². The monoisotopic (exact) mass is 278 g/mol. The zero-order chi connectivity index (χ0) is 14.5. The van der Waals surface area contributed by atoms with E-state index in [0.717, 1.165) is 0 Å². The van der Waals surface area contributed by atoms with Crippen molar-refractivity contribution < 1.29 is 19.2 Å². The number of nitro groups is 1. The van der Waals surface area contributed by atoms with Crippen LogP contribution in [0.4, 0.5) is 5.69 Å². The number of ether oxygens (including phenoxy) is 1. The summed E-state index contributed by atoms with van der Waals surface area (Å²) in [5, 5.41) is 13.2. The van der Waals surface area contributed by atoms with Crippen molar-refractivity contribution in [3.8, 4) is 0 Å². The van der Waals surface area contributed by atoms with E-state index >= 15 is 0 Å². The lowest BCUT2D eigenvalue weighted by atomic mass is 10.0. The van der Waals surface area contributed by atoms with Gasteiger partial charge in [-0.05, 0) is 12.5 Å². The summed E-state index contributed by atoms with van der Waals surface area (Å²) in [6.07, 6.45) is 0.653. The van der Waals surface area contributed by atoms with Crippen LogP contribution in [0.3, 0.4) is 0 Å². The molecule has 1 unspecified atom stereocenters. The molecule has 0 saturated carbocycles. The number of carbonyl (C=O) groups excluding carboxylic acids is 2. The van der Waals surface area contributed by atoms with Crippen LogP contribution in [0.1, 0.15) is 16.8 Å². The van der Waals surface area contributed by atoms with Crippen molar-refractivity contribution in [2.45, 2.75) is 6.42 Å². The van der Waals surface area contributed by atoms with E-state index in [9.17, 15) is 19.7 Å². The van der Waals surface area contributed by atoms with Crippen molar-refractivity contribution in [2.75, 3.05) is 19.8 Å². The average Bonchev–Trinajstić information content (AvgIpc) is 2.98. The van der Waals surface area contributed by atoms with Crippen molar-refractivity contribution in [1.29, 1.82) is 0 Å². The molecule has 0 aliphatic carbocycles.